The Labute approximate surface area is 136 Å². The van der Waals surface area contributed by atoms with Gasteiger partial charge in [0.1, 0.15) is 11.5 Å². The average molecular weight is 301 g/mol. The van der Waals surface area contributed by atoms with E-state index in [1.54, 1.807) is 0 Å². The lowest BCUT2D eigenvalue weighted by Gasteiger charge is -2.34. The lowest BCUT2D eigenvalue weighted by molar-refractivity contribution is 0.418. The van der Waals surface area contributed by atoms with Crippen LogP contribution in [0.5, 0.6) is 11.5 Å². The fraction of sp³-hybridized carbons (Fsp3) is 0.143. The van der Waals surface area contributed by atoms with E-state index < -0.39 is 0 Å². The minimum absolute atomic E-state index is 0.0848. The van der Waals surface area contributed by atoms with Crippen LogP contribution < -0.4 is 10.1 Å². The van der Waals surface area contributed by atoms with E-state index >= 15 is 0 Å². The van der Waals surface area contributed by atoms with E-state index in [9.17, 15) is 0 Å². The summed E-state index contributed by atoms with van der Waals surface area (Å²) in [4.78, 5) is 0. The summed E-state index contributed by atoms with van der Waals surface area (Å²) in [6.45, 7) is 4.50. The first-order chi connectivity index (χ1) is 11.1. The molecule has 23 heavy (non-hydrogen) atoms. The van der Waals surface area contributed by atoms with Crippen LogP contribution >= 0.6 is 0 Å². The molecule has 2 nitrogen and oxygen atoms in total. The van der Waals surface area contributed by atoms with E-state index in [1.807, 2.05) is 30.3 Å². The molecular weight excluding hydrogens is 282 g/mol. The molecular formula is C21H19NO. The van der Waals surface area contributed by atoms with Crippen LogP contribution in [0.2, 0.25) is 0 Å². The van der Waals surface area contributed by atoms with Gasteiger partial charge >= 0.3 is 0 Å². The van der Waals surface area contributed by atoms with Gasteiger partial charge in [-0.25, -0.2) is 0 Å². The predicted octanol–water partition coefficient (Wildman–Crippen LogP) is 5.86. The van der Waals surface area contributed by atoms with E-state index in [0.717, 1.165) is 22.9 Å². The number of nitrogens with one attached hydrogen (secondary N) is 1. The van der Waals surface area contributed by atoms with Gasteiger partial charge in [-0.15, -0.1) is 0 Å². The second-order valence-electron chi connectivity index (χ2n) is 6.43. The second kappa shape index (κ2) is 5.17. The Morgan fingerprint density at radius 2 is 1.39 bits per heavy atom. The SMILES string of the molecule is CC1(C)c2ccccc2Oc2ccc(Nc3ccccc3)cc21. The molecule has 0 atom stereocenters. The van der Waals surface area contributed by atoms with Crippen molar-refractivity contribution in [2.45, 2.75) is 19.3 Å². The molecule has 0 saturated heterocycles. The average Bonchev–Trinajstić information content (AvgIpc) is 2.57. The Morgan fingerprint density at radius 1 is 0.696 bits per heavy atom. The van der Waals surface area contributed by atoms with Gasteiger partial charge in [0, 0.05) is 27.9 Å². The van der Waals surface area contributed by atoms with Crippen LogP contribution in [0.3, 0.4) is 0 Å². The van der Waals surface area contributed by atoms with Gasteiger partial charge in [-0.3, -0.25) is 0 Å². The topological polar surface area (TPSA) is 21.3 Å². The zero-order chi connectivity index (χ0) is 15.9. The fourth-order valence-electron chi connectivity index (χ4n) is 3.21. The van der Waals surface area contributed by atoms with E-state index in [-0.39, 0.29) is 5.41 Å². The molecule has 2 heteroatoms. The number of benzene rings is 3. The summed E-state index contributed by atoms with van der Waals surface area (Å²) >= 11 is 0. The van der Waals surface area contributed by atoms with E-state index in [1.165, 1.54) is 11.1 Å². The van der Waals surface area contributed by atoms with Crippen LogP contribution in [0.4, 0.5) is 11.4 Å². The number of ether oxygens (including phenoxy) is 1. The standard InChI is InChI=1S/C21H19NO/c1-21(2)17-10-6-7-11-19(17)23-20-13-12-16(14-18(20)21)22-15-8-4-3-5-9-15/h3-14,22H,1-2H3. The Balaban J connectivity index is 1.75. The first-order valence-electron chi connectivity index (χ1n) is 7.88. The van der Waals surface area contributed by atoms with Crippen molar-refractivity contribution in [3.8, 4) is 11.5 Å². The van der Waals surface area contributed by atoms with Crippen molar-refractivity contribution in [1.82, 2.24) is 0 Å². The van der Waals surface area contributed by atoms with Crippen LogP contribution in [-0.4, -0.2) is 0 Å². The van der Waals surface area contributed by atoms with Crippen molar-refractivity contribution in [2.75, 3.05) is 5.32 Å². The van der Waals surface area contributed by atoms with Gasteiger partial charge in [-0.2, -0.15) is 0 Å². The third kappa shape index (κ3) is 2.36. The molecule has 0 amide bonds. The summed E-state index contributed by atoms with van der Waals surface area (Å²) in [5, 5.41) is 3.46. The highest BCUT2D eigenvalue weighted by Gasteiger charge is 2.34. The van der Waals surface area contributed by atoms with Crippen molar-refractivity contribution in [3.05, 3.63) is 83.9 Å². The molecule has 1 N–H and O–H groups in total. The van der Waals surface area contributed by atoms with Crippen LogP contribution in [-0.2, 0) is 5.41 Å². The number of para-hydroxylation sites is 2. The highest BCUT2D eigenvalue weighted by Crippen LogP contribution is 2.48. The van der Waals surface area contributed by atoms with Gasteiger partial charge in [0.15, 0.2) is 0 Å². The molecule has 1 aliphatic heterocycles. The number of hydrogen-bond donors (Lipinski definition) is 1. The molecule has 0 spiro atoms. The number of rotatable bonds is 2. The molecule has 0 bridgehead atoms. The van der Waals surface area contributed by atoms with Gasteiger partial charge in [-0.05, 0) is 36.4 Å². The lowest BCUT2D eigenvalue weighted by atomic mass is 9.75. The van der Waals surface area contributed by atoms with Gasteiger partial charge in [-0.1, -0.05) is 50.2 Å². The van der Waals surface area contributed by atoms with E-state index in [2.05, 4.69) is 61.6 Å². The third-order valence-corrected chi connectivity index (χ3v) is 4.50. The Bertz CT molecular complexity index is 853. The minimum atomic E-state index is -0.0848. The van der Waals surface area contributed by atoms with Crippen molar-refractivity contribution in [2.24, 2.45) is 0 Å². The summed E-state index contributed by atoms with van der Waals surface area (Å²) in [6.07, 6.45) is 0. The number of fused-ring (bicyclic) bond motifs is 2. The Hall–Kier alpha value is -2.74. The summed E-state index contributed by atoms with van der Waals surface area (Å²) in [6, 6.07) is 24.8. The molecule has 0 aliphatic carbocycles. The summed E-state index contributed by atoms with van der Waals surface area (Å²) < 4.78 is 6.09. The Kier molecular flexibility index (Phi) is 3.12. The summed E-state index contributed by atoms with van der Waals surface area (Å²) in [5.74, 6) is 1.89. The lowest BCUT2D eigenvalue weighted by Crippen LogP contribution is -2.24. The predicted molar refractivity (Wildman–Crippen MR) is 94.8 cm³/mol. The van der Waals surface area contributed by atoms with Crippen molar-refractivity contribution >= 4 is 11.4 Å². The van der Waals surface area contributed by atoms with Crippen molar-refractivity contribution < 1.29 is 4.74 Å². The smallest absolute Gasteiger partial charge is 0.131 e. The highest BCUT2D eigenvalue weighted by molar-refractivity contribution is 5.66. The zero-order valence-corrected chi connectivity index (χ0v) is 13.3. The highest BCUT2D eigenvalue weighted by atomic mass is 16.5. The van der Waals surface area contributed by atoms with Crippen LogP contribution in [0.15, 0.2) is 72.8 Å². The van der Waals surface area contributed by atoms with Crippen LogP contribution in [0.1, 0.15) is 25.0 Å². The van der Waals surface area contributed by atoms with Crippen LogP contribution in [0.25, 0.3) is 0 Å². The first kappa shape index (κ1) is 13.9. The molecule has 0 aromatic heterocycles. The normalized spacial score (nSPS) is 14.3. The molecule has 0 saturated carbocycles. The number of anilines is 2. The molecule has 0 fully saturated rings. The first-order valence-corrected chi connectivity index (χ1v) is 7.88. The maximum Gasteiger partial charge on any atom is 0.131 e. The van der Waals surface area contributed by atoms with Gasteiger partial charge in [0.2, 0.25) is 0 Å². The molecule has 114 valence electrons. The van der Waals surface area contributed by atoms with E-state index in [0.29, 0.717) is 0 Å². The summed E-state index contributed by atoms with van der Waals surface area (Å²) in [5.41, 5.74) is 4.51. The maximum atomic E-state index is 6.09. The monoisotopic (exact) mass is 301 g/mol. The molecule has 3 aromatic rings. The largest absolute Gasteiger partial charge is 0.457 e. The Morgan fingerprint density at radius 3 is 2.22 bits per heavy atom. The molecule has 3 aromatic carbocycles. The van der Waals surface area contributed by atoms with Gasteiger partial charge in [0.05, 0.1) is 0 Å². The molecule has 4 rings (SSSR count). The molecule has 0 radical (unpaired) electrons. The third-order valence-electron chi connectivity index (χ3n) is 4.50. The molecule has 1 aliphatic rings. The summed E-state index contributed by atoms with van der Waals surface area (Å²) in [7, 11) is 0. The van der Waals surface area contributed by atoms with Gasteiger partial charge < -0.3 is 10.1 Å². The fourth-order valence-corrected chi connectivity index (χ4v) is 3.21. The molecule has 1 heterocycles. The van der Waals surface area contributed by atoms with Crippen molar-refractivity contribution in [3.63, 3.8) is 0 Å². The maximum absolute atomic E-state index is 6.09. The van der Waals surface area contributed by atoms with E-state index in [4.69, 9.17) is 4.74 Å². The van der Waals surface area contributed by atoms with Crippen molar-refractivity contribution in [1.29, 1.82) is 0 Å². The minimum Gasteiger partial charge on any atom is -0.457 e. The van der Waals surface area contributed by atoms with Gasteiger partial charge in [0.25, 0.3) is 0 Å². The van der Waals surface area contributed by atoms with Crippen LogP contribution in [0, 0.1) is 0 Å². The quantitative estimate of drug-likeness (QED) is 0.640. The second-order valence-corrected chi connectivity index (χ2v) is 6.43. The molecule has 0 unspecified atom stereocenters. The zero-order valence-electron chi connectivity index (χ0n) is 13.3. The number of hydrogen-bond acceptors (Lipinski definition) is 2.